The number of hydrogen-bond donors (Lipinski definition) is 1. The molecule has 0 unspecified atom stereocenters. The molecule has 12 heteroatoms. The average molecular weight is 1200 g/mol. The Hall–Kier alpha value is -8.09. The van der Waals surface area contributed by atoms with Crippen LogP contribution in [0.1, 0.15) is 192 Å². The summed E-state index contributed by atoms with van der Waals surface area (Å²) in [5.41, 5.74) is 7.67. The van der Waals surface area contributed by atoms with E-state index < -0.39 is 12.1 Å². The van der Waals surface area contributed by atoms with E-state index in [4.69, 9.17) is 9.84 Å². The Bertz CT molecular complexity index is 2800. The highest BCUT2D eigenvalue weighted by molar-refractivity contribution is 6.00. The summed E-state index contributed by atoms with van der Waals surface area (Å²) in [7, 11) is 1.23. The van der Waals surface area contributed by atoms with Gasteiger partial charge in [-0.25, -0.2) is 4.79 Å². The smallest absolute Gasteiger partial charge is 0.334 e. The monoisotopic (exact) mass is 1200 g/mol. The minimum atomic E-state index is -0.995. The van der Waals surface area contributed by atoms with E-state index in [1.807, 2.05) is 184 Å². The lowest BCUT2D eigenvalue weighted by Crippen LogP contribution is -2.25. The van der Waals surface area contributed by atoms with Gasteiger partial charge in [0.25, 0.3) is 0 Å². The van der Waals surface area contributed by atoms with Crippen molar-refractivity contribution in [2.45, 2.75) is 171 Å². The third-order valence-corrected chi connectivity index (χ3v) is 13.3. The first-order chi connectivity index (χ1) is 42.3. The number of methoxy groups -OCH3 is 1. The first kappa shape index (κ1) is 77.9. The zero-order chi connectivity index (χ0) is 65.1. The van der Waals surface area contributed by atoms with Gasteiger partial charge in [0.05, 0.1) is 25.1 Å². The van der Waals surface area contributed by atoms with Crippen molar-refractivity contribution in [3.8, 4) is 0 Å². The van der Waals surface area contributed by atoms with Gasteiger partial charge in [0, 0.05) is 68.8 Å². The van der Waals surface area contributed by atoms with Crippen LogP contribution in [-0.2, 0) is 33.4 Å². The van der Waals surface area contributed by atoms with Gasteiger partial charge in [-0.1, -0.05) is 199 Å². The predicted octanol–water partition coefficient (Wildman–Crippen LogP) is 18.0. The van der Waals surface area contributed by atoms with Gasteiger partial charge in [0.2, 0.25) is 0 Å². The fourth-order valence-corrected chi connectivity index (χ4v) is 8.23. The molecule has 9 rings (SSSR count). The number of ketones is 4. The first-order valence-electron chi connectivity index (χ1n) is 31.1. The van der Waals surface area contributed by atoms with Crippen molar-refractivity contribution in [2.24, 2.45) is 26.3 Å². The van der Waals surface area contributed by atoms with Crippen LogP contribution in [0.3, 0.4) is 0 Å². The van der Waals surface area contributed by atoms with E-state index in [9.17, 15) is 28.8 Å². The summed E-state index contributed by atoms with van der Waals surface area (Å²) >= 11 is 0. The molecule has 0 amide bonds. The molecule has 2 aliphatic carbocycles. The quantitative estimate of drug-likeness (QED) is 0.0751. The maximum absolute atomic E-state index is 10.9. The fraction of sp³-hybridized carbons (Fsp3) is 0.408. The molecule has 0 spiro atoms. The van der Waals surface area contributed by atoms with Crippen molar-refractivity contribution in [3.63, 3.8) is 0 Å². The number of Topliss-reactive ketones (excluding diaryl/α,β-unsaturated/α-hetero) is 4. The molecule has 1 heterocycles. The Labute approximate surface area is 527 Å². The zero-order valence-electron chi connectivity index (χ0n) is 54.4. The average Bonchev–Trinajstić information content (AvgIpc) is 3.91. The van der Waals surface area contributed by atoms with Crippen LogP contribution in [-0.4, -0.2) is 84.7 Å². The van der Waals surface area contributed by atoms with Gasteiger partial charge in [-0.2, -0.15) is 0 Å². The lowest BCUT2D eigenvalue weighted by molar-refractivity contribution is -0.149. The van der Waals surface area contributed by atoms with E-state index in [1.54, 1.807) is 13.8 Å². The maximum atomic E-state index is 10.9. The van der Waals surface area contributed by atoms with Crippen molar-refractivity contribution >= 4 is 64.6 Å². The normalized spacial score (nSPS) is 14.0. The van der Waals surface area contributed by atoms with Crippen molar-refractivity contribution in [2.75, 3.05) is 20.3 Å². The predicted molar refractivity (Wildman–Crippen MR) is 364 cm³/mol. The molecule has 1 N–H and O–H groups in total. The standard InChI is InChI=1S/C14H13N.C13H11N.C10H13N.C10H18O.C8H8O.C6H10O2.C6H10O.C5H10O.C4H8O3/c1-12(13-8-4-2-5-9-13)15-14-10-6-3-7-11-14;1-3-7-12(8-4-1)11-14-13-9-5-2-6-10-13;1-2-8-11-9-10-6-4-3-5-7-10;1-10(2,3)8-4-6-9(11)7-5-8;1-7(9)8-5-3-2-4-6-8;7-6-4-2-1-3-5-8-6;7-6-4-2-1-3-5-6;1-3-4-5(2)6;1-3(5)4(6)7-2/h2-11H,1H3;1-11H;3-7,9H,2,8H2,1H3;8H,4-7H2,1-3H3;2-6H,1H3;1-5H2;1-5H2;3-4H2,1-2H3;3,5H,1-2H3/t;;;;;;;;3-/m........0/s1. The van der Waals surface area contributed by atoms with Crippen LogP contribution in [0.25, 0.3) is 0 Å². The van der Waals surface area contributed by atoms with Gasteiger partial charge in [-0.3, -0.25) is 34.2 Å². The summed E-state index contributed by atoms with van der Waals surface area (Å²) in [6.45, 7) is 19.1. The number of aliphatic hydroxyl groups is 1. The van der Waals surface area contributed by atoms with E-state index in [-0.39, 0.29) is 17.5 Å². The Balaban J connectivity index is 0.000000503. The Morgan fingerprint density at radius 3 is 1.39 bits per heavy atom. The molecular weight excluding hydrogens is 1100 g/mol. The van der Waals surface area contributed by atoms with E-state index >= 15 is 0 Å². The number of carbonyl (C=O) groups excluding carboxylic acids is 6. The summed E-state index contributed by atoms with van der Waals surface area (Å²) < 4.78 is 8.89. The highest BCUT2D eigenvalue weighted by Crippen LogP contribution is 2.36. The second-order valence-electron chi connectivity index (χ2n) is 22.2. The lowest BCUT2D eigenvalue weighted by atomic mass is 9.72. The molecule has 1 aliphatic heterocycles. The minimum Gasteiger partial charge on any atom is -0.467 e. The SMILES string of the molecule is C(=Nc1ccccc1)c1ccccc1.CC(=Nc1ccccc1)c1ccccc1.CC(=O)c1ccccc1.CC(C)(C)C1CCC(=O)CC1.CCCC(C)=O.CCCN=Cc1ccccc1.COC(=O)[C@H](C)O.O=C1CCCCC1.O=C1CCCCCO1. The fourth-order valence-electron chi connectivity index (χ4n) is 8.23. The van der Waals surface area contributed by atoms with Gasteiger partial charge in [-0.05, 0) is 138 Å². The summed E-state index contributed by atoms with van der Waals surface area (Å²) in [4.78, 5) is 75.7. The van der Waals surface area contributed by atoms with Crippen LogP contribution in [0.2, 0.25) is 0 Å². The van der Waals surface area contributed by atoms with Crippen molar-refractivity contribution in [3.05, 3.63) is 204 Å². The number of esters is 2. The molecule has 6 aromatic carbocycles. The first-order valence-corrected chi connectivity index (χ1v) is 31.1. The number of cyclic esters (lactones) is 1. The second kappa shape index (κ2) is 50.0. The summed E-state index contributed by atoms with van der Waals surface area (Å²) in [6, 6.07) is 59.6. The van der Waals surface area contributed by atoms with Crippen LogP contribution in [0.15, 0.2) is 197 Å². The maximum Gasteiger partial charge on any atom is 0.334 e. The number of carbonyl (C=O) groups is 6. The third-order valence-electron chi connectivity index (χ3n) is 13.3. The molecule has 6 aromatic rings. The molecule has 88 heavy (non-hydrogen) atoms. The van der Waals surface area contributed by atoms with Crippen molar-refractivity contribution in [1.82, 2.24) is 0 Å². The number of hydrogen-bond acceptors (Lipinski definition) is 12. The molecule has 1 saturated heterocycles. The van der Waals surface area contributed by atoms with Crippen LogP contribution in [0.5, 0.6) is 0 Å². The number of rotatable bonds is 11. The van der Waals surface area contributed by atoms with E-state index in [2.05, 4.69) is 71.7 Å². The molecule has 1 atom stereocenters. The molecule has 12 nitrogen and oxygen atoms in total. The topological polar surface area (TPSA) is 178 Å². The van der Waals surface area contributed by atoms with Crippen LogP contribution in [0, 0.1) is 11.3 Å². The minimum absolute atomic E-state index is 0.0255. The van der Waals surface area contributed by atoms with Gasteiger partial charge in [-0.15, -0.1) is 0 Å². The van der Waals surface area contributed by atoms with Gasteiger partial charge in [0.1, 0.15) is 23.5 Å². The molecule has 3 aliphatic rings. The highest BCUT2D eigenvalue weighted by atomic mass is 16.5. The Morgan fingerprint density at radius 2 is 1.00 bits per heavy atom. The summed E-state index contributed by atoms with van der Waals surface area (Å²) in [5.74, 6) is 1.48. The van der Waals surface area contributed by atoms with E-state index in [0.717, 1.165) is 131 Å². The highest BCUT2D eigenvalue weighted by Gasteiger charge is 2.28. The van der Waals surface area contributed by atoms with E-state index in [1.165, 1.54) is 31.6 Å². The van der Waals surface area contributed by atoms with Crippen molar-refractivity contribution < 1.29 is 43.3 Å². The molecule has 0 aromatic heterocycles. The summed E-state index contributed by atoms with van der Waals surface area (Å²) in [6.07, 6.45) is 18.6. The van der Waals surface area contributed by atoms with Crippen molar-refractivity contribution in [1.29, 1.82) is 0 Å². The molecule has 474 valence electrons. The summed E-state index contributed by atoms with van der Waals surface area (Å²) in [5, 5.41) is 8.35. The van der Waals surface area contributed by atoms with Gasteiger partial charge >= 0.3 is 11.9 Å². The Kier molecular flexibility index (Phi) is 44.2. The largest absolute Gasteiger partial charge is 0.467 e. The van der Waals surface area contributed by atoms with Crippen LogP contribution < -0.4 is 0 Å². The number of ether oxygens (including phenoxy) is 2. The number of benzene rings is 6. The molecule has 2 saturated carbocycles. The zero-order valence-corrected chi connectivity index (χ0v) is 54.4. The van der Waals surface area contributed by atoms with E-state index in [0.29, 0.717) is 30.0 Å². The number of aliphatic hydroxyl groups excluding tert-OH is 1. The van der Waals surface area contributed by atoms with Gasteiger partial charge in [0.15, 0.2) is 5.78 Å². The molecule has 3 fully saturated rings. The number of nitrogens with zero attached hydrogens (tertiary/aromatic N) is 3. The molecule has 0 bridgehead atoms. The Morgan fingerprint density at radius 1 is 0.568 bits per heavy atom. The van der Waals surface area contributed by atoms with Crippen LogP contribution in [0.4, 0.5) is 11.4 Å². The molecule has 0 radical (unpaired) electrons. The lowest BCUT2D eigenvalue weighted by Gasteiger charge is -2.33. The van der Waals surface area contributed by atoms with Gasteiger partial charge < -0.3 is 19.4 Å². The third kappa shape index (κ3) is 42.7. The second-order valence-corrected chi connectivity index (χ2v) is 22.2. The number of aliphatic imine (C=N–C) groups is 3. The molecular formula is C76H101N3O9. The number of para-hydroxylation sites is 2. The van der Waals surface area contributed by atoms with Crippen LogP contribution >= 0.6 is 0 Å².